The fourth-order valence-corrected chi connectivity index (χ4v) is 2.35. The maximum Gasteiger partial charge on any atom is 0.347 e. The van der Waals surface area contributed by atoms with Crippen molar-refractivity contribution in [1.82, 2.24) is 9.97 Å². The lowest BCUT2D eigenvalue weighted by Crippen LogP contribution is -2.25. The Bertz CT molecular complexity index is 620. The molecule has 1 aromatic heterocycles. The molecule has 1 unspecified atom stereocenters. The van der Waals surface area contributed by atoms with Crippen LogP contribution in [0.3, 0.4) is 0 Å². The second-order valence-electron chi connectivity index (χ2n) is 4.27. The van der Waals surface area contributed by atoms with Gasteiger partial charge >= 0.3 is 5.97 Å². The molecule has 0 amide bonds. The van der Waals surface area contributed by atoms with Gasteiger partial charge in [0.15, 0.2) is 11.3 Å². The number of ether oxygens (including phenoxy) is 2. The van der Waals surface area contributed by atoms with Crippen LogP contribution in [0.1, 0.15) is 13.8 Å². The highest BCUT2D eigenvalue weighted by Gasteiger charge is 2.15. The number of halogens is 1. The van der Waals surface area contributed by atoms with Crippen LogP contribution < -0.4 is 4.74 Å². The zero-order valence-corrected chi connectivity index (χ0v) is 13.7. The molecule has 0 saturated heterocycles. The van der Waals surface area contributed by atoms with Crippen molar-refractivity contribution in [3.05, 3.63) is 41.7 Å². The van der Waals surface area contributed by atoms with E-state index < -0.39 is 6.10 Å². The molecule has 7 heteroatoms. The molecule has 0 spiro atoms. The molecule has 0 aliphatic rings. The maximum absolute atomic E-state index is 11.5. The SMILES string of the molecule is CCOC(=O)C(C)Oc1ccc(Sc2ncc(Cl)cn2)cc1. The summed E-state index contributed by atoms with van der Waals surface area (Å²) in [7, 11) is 0. The van der Waals surface area contributed by atoms with E-state index in [1.807, 2.05) is 12.1 Å². The van der Waals surface area contributed by atoms with Crippen LogP contribution in [0, 0.1) is 0 Å². The molecule has 0 aliphatic heterocycles. The summed E-state index contributed by atoms with van der Waals surface area (Å²) in [6, 6.07) is 7.31. The Kier molecular flexibility index (Phi) is 6.03. The van der Waals surface area contributed by atoms with E-state index in [0.717, 1.165) is 4.90 Å². The molecule has 5 nitrogen and oxygen atoms in total. The quantitative estimate of drug-likeness (QED) is 0.592. The van der Waals surface area contributed by atoms with Crippen LogP contribution in [0.15, 0.2) is 46.7 Å². The molecule has 0 radical (unpaired) electrons. The minimum atomic E-state index is -0.641. The average Bonchev–Trinajstić information content (AvgIpc) is 2.51. The zero-order valence-electron chi connectivity index (χ0n) is 12.2. The van der Waals surface area contributed by atoms with E-state index >= 15 is 0 Å². The monoisotopic (exact) mass is 338 g/mol. The summed E-state index contributed by atoms with van der Waals surface area (Å²) >= 11 is 7.15. The van der Waals surface area contributed by atoms with Gasteiger partial charge in [0.1, 0.15) is 5.75 Å². The Morgan fingerprint density at radius 1 is 1.27 bits per heavy atom. The van der Waals surface area contributed by atoms with Crippen molar-refractivity contribution >= 4 is 29.3 Å². The lowest BCUT2D eigenvalue weighted by Gasteiger charge is -2.13. The Balaban J connectivity index is 1.95. The first kappa shape index (κ1) is 16.6. The minimum Gasteiger partial charge on any atom is -0.479 e. The molecule has 1 heterocycles. The number of rotatable bonds is 6. The van der Waals surface area contributed by atoms with Crippen LogP contribution in [0.5, 0.6) is 5.75 Å². The number of carbonyl (C=O) groups is 1. The molecule has 0 bridgehead atoms. The topological polar surface area (TPSA) is 61.3 Å². The van der Waals surface area contributed by atoms with Gasteiger partial charge in [0, 0.05) is 4.90 Å². The van der Waals surface area contributed by atoms with Gasteiger partial charge in [-0.05, 0) is 49.9 Å². The van der Waals surface area contributed by atoms with Gasteiger partial charge in [-0.25, -0.2) is 14.8 Å². The van der Waals surface area contributed by atoms with Crippen LogP contribution in [0.2, 0.25) is 5.02 Å². The smallest absolute Gasteiger partial charge is 0.347 e. The molecule has 116 valence electrons. The van der Waals surface area contributed by atoms with Crippen molar-refractivity contribution in [3.63, 3.8) is 0 Å². The van der Waals surface area contributed by atoms with E-state index in [0.29, 0.717) is 22.5 Å². The van der Waals surface area contributed by atoms with Gasteiger partial charge in [-0.3, -0.25) is 0 Å². The summed E-state index contributed by atoms with van der Waals surface area (Å²) in [6.07, 6.45) is 2.46. The second-order valence-corrected chi connectivity index (χ2v) is 5.75. The van der Waals surface area contributed by atoms with Gasteiger partial charge in [-0.1, -0.05) is 11.6 Å². The number of aromatic nitrogens is 2. The molecule has 0 fully saturated rings. The van der Waals surface area contributed by atoms with Gasteiger partial charge in [0.2, 0.25) is 0 Å². The molecule has 1 aromatic carbocycles. The number of nitrogens with zero attached hydrogens (tertiary/aromatic N) is 2. The average molecular weight is 339 g/mol. The lowest BCUT2D eigenvalue weighted by molar-refractivity contribution is -0.150. The molecule has 1 atom stereocenters. The van der Waals surface area contributed by atoms with Gasteiger partial charge in [-0.2, -0.15) is 0 Å². The first-order valence-electron chi connectivity index (χ1n) is 6.67. The molecule has 2 aromatic rings. The van der Waals surface area contributed by atoms with E-state index in [1.54, 1.807) is 38.4 Å². The van der Waals surface area contributed by atoms with Crippen LogP contribution in [0.4, 0.5) is 0 Å². The van der Waals surface area contributed by atoms with E-state index in [-0.39, 0.29) is 5.97 Å². The van der Waals surface area contributed by atoms with Crippen molar-refractivity contribution in [3.8, 4) is 5.75 Å². The summed E-state index contributed by atoms with van der Waals surface area (Å²) in [5, 5.41) is 1.11. The Hall–Kier alpha value is -1.79. The van der Waals surface area contributed by atoms with Crippen molar-refractivity contribution in [2.45, 2.75) is 30.0 Å². The van der Waals surface area contributed by atoms with E-state index in [1.165, 1.54) is 11.8 Å². The third-order valence-corrected chi connectivity index (χ3v) is 3.66. The molecular formula is C15H15ClN2O3S. The molecule has 0 N–H and O–H groups in total. The third kappa shape index (κ3) is 4.89. The fraction of sp³-hybridized carbons (Fsp3) is 0.267. The Labute approximate surface area is 138 Å². The van der Waals surface area contributed by atoms with E-state index in [4.69, 9.17) is 21.1 Å². The highest BCUT2D eigenvalue weighted by Crippen LogP contribution is 2.26. The number of esters is 1. The minimum absolute atomic E-state index is 0.337. The summed E-state index contributed by atoms with van der Waals surface area (Å²) in [6.45, 7) is 3.75. The highest BCUT2D eigenvalue weighted by atomic mass is 35.5. The normalized spacial score (nSPS) is 11.8. The highest BCUT2D eigenvalue weighted by molar-refractivity contribution is 7.99. The molecule has 0 saturated carbocycles. The van der Waals surface area contributed by atoms with Crippen molar-refractivity contribution in [2.75, 3.05) is 6.61 Å². The molecule has 22 heavy (non-hydrogen) atoms. The number of hydrogen-bond donors (Lipinski definition) is 0. The first-order valence-corrected chi connectivity index (χ1v) is 7.86. The summed E-state index contributed by atoms with van der Waals surface area (Å²) in [5.74, 6) is 0.220. The van der Waals surface area contributed by atoms with Gasteiger partial charge in [-0.15, -0.1) is 0 Å². The van der Waals surface area contributed by atoms with Gasteiger partial charge < -0.3 is 9.47 Å². The van der Waals surface area contributed by atoms with Crippen LogP contribution in [0.25, 0.3) is 0 Å². The fourth-order valence-electron chi connectivity index (χ4n) is 1.56. The predicted molar refractivity (Wildman–Crippen MR) is 84.3 cm³/mol. The van der Waals surface area contributed by atoms with Crippen LogP contribution in [-0.2, 0) is 9.53 Å². The van der Waals surface area contributed by atoms with Crippen molar-refractivity contribution < 1.29 is 14.3 Å². The molecular weight excluding hydrogens is 324 g/mol. The summed E-state index contributed by atoms with van der Waals surface area (Å²) < 4.78 is 10.4. The maximum atomic E-state index is 11.5. The third-order valence-electron chi connectivity index (χ3n) is 2.56. The molecule has 2 rings (SSSR count). The van der Waals surface area contributed by atoms with Crippen molar-refractivity contribution in [2.24, 2.45) is 0 Å². The number of benzene rings is 1. The summed E-state index contributed by atoms with van der Waals surface area (Å²) in [5.41, 5.74) is 0. The largest absolute Gasteiger partial charge is 0.479 e. The number of carbonyl (C=O) groups excluding carboxylic acids is 1. The first-order chi connectivity index (χ1) is 10.6. The number of hydrogen-bond acceptors (Lipinski definition) is 6. The lowest BCUT2D eigenvalue weighted by atomic mass is 10.3. The second kappa shape index (κ2) is 8.00. The van der Waals surface area contributed by atoms with E-state index in [2.05, 4.69) is 9.97 Å². The molecule has 0 aliphatic carbocycles. The van der Waals surface area contributed by atoms with Gasteiger partial charge in [0.25, 0.3) is 0 Å². The van der Waals surface area contributed by atoms with Crippen LogP contribution in [-0.4, -0.2) is 28.6 Å². The zero-order chi connectivity index (χ0) is 15.9. The van der Waals surface area contributed by atoms with Gasteiger partial charge in [0.05, 0.1) is 24.0 Å². The standard InChI is InChI=1S/C15H15ClN2O3S/c1-3-20-14(19)10(2)21-12-4-6-13(7-5-12)22-15-17-8-11(16)9-18-15/h4-10H,3H2,1-2H3. The Morgan fingerprint density at radius 2 is 1.91 bits per heavy atom. The summed E-state index contributed by atoms with van der Waals surface area (Å²) in [4.78, 5) is 20.7. The van der Waals surface area contributed by atoms with Crippen molar-refractivity contribution in [1.29, 1.82) is 0 Å². The van der Waals surface area contributed by atoms with E-state index in [9.17, 15) is 4.79 Å². The predicted octanol–water partition coefficient (Wildman–Crippen LogP) is 3.61. The Morgan fingerprint density at radius 3 is 2.50 bits per heavy atom. The van der Waals surface area contributed by atoms with Crippen LogP contribution >= 0.6 is 23.4 Å².